The third-order valence-corrected chi connectivity index (χ3v) is 3.84. The molecule has 96 valence electrons. The number of rotatable bonds is 4. The van der Waals surface area contributed by atoms with E-state index in [2.05, 4.69) is 5.32 Å². The average Bonchev–Trinajstić information content (AvgIpc) is 2.29. The molecule has 0 bridgehead atoms. The molecule has 0 spiro atoms. The summed E-state index contributed by atoms with van der Waals surface area (Å²) >= 11 is 0. The molecular weight excluding hydrogens is 226 g/mol. The lowest BCUT2D eigenvalue weighted by Crippen LogP contribution is -2.33. The monoisotopic (exact) mass is 248 g/mol. The summed E-state index contributed by atoms with van der Waals surface area (Å²) in [5, 5.41) is 3.19. The molecule has 1 aliphatic rings. The normalized spacial score (nSPS) is 21.1. The third-order valence-electron chi connectivity index (χ3n) is 3.14. The molecule has 0 saturated heterocycles. The Morgan fingerprint density at radius 3 is 2.00 bits per heavy atom. The Kier molecular flexibility index (Phi) is 6.31. The largest absolute Gasteiger partial charge is 0.748 e. The van der Waals surface area contributed by atoms with Crippen LogP contribution < -0.4 is 5.32 Å². The minimum atomic E-state index is -4.06. The highest BCUT2D eigenvalue weighted by Crippen LogP contribution is 2.16. The molecule has 16 heavy (non-hydrogen) atoms. The molecule has 1 aliphatic carbocycles. The van der Waals surface area contributed by atoms with Crippen LogP contribution in [0.4, 0.5) is 0 Å². The van der Waals surface area contributed by atoms with Gasteiger partial charge in [-0.15, -0.1) is 0 Å². The highest BCUT2D eigenvalue weighted by molar-refractivity contribution is 7.85. The summed E-state index contributed by atoms with van der Waals surface area (Å²) in [6.07, 6.45) is 9.83. The van der Waals surface area contributed by atoms with E-state index >= 15 is 0 Å². The van der Waals surface area contributed by atoms with Crippen molar-refractivity contribution < 1.29 is 13.0 Å². The number of hydrogen-bond donors (Lipinski definition) is 1. The molecule has 1 rings (SSSR count). The Hall–Kier alpha value is -0.130. The summed E-state index contributed by atoms with van der Waals surface area (Å²) in [5.74, 6) is -0.288. The zero-order valence-corrected chi connectivity index (χ0v) is 10.6. The molecule has 1 fully saturated rings. The number of nitrogens with one attached hydrogen (secondary N) is 1. The fourth-order valence-corrected chi connectivity index (χ4v) is 2.59. The van der Waals surface area contributed by atoms with Crippen LogP contribution in [0.1, 0.15) is 51.4 Å². The molecule has 5 heteroatoms. The minimum absolute atomic E-state index is 0.288. The van der Waals surface area contributed by atoms with Gasteiger partial charge in [0.05, 0.1) is 15.9 Å². The third kappa shape index (κ3) is 7.19. The van der Waals surface area contributed by atoms with Crippen LogP contribution >= 0.6 is 0 Å². The van der Waals surface area contributed by atoms with Crippen molar-refractivity contribution in [2.75, 3.05) is 12.3 Å². The fourth-order valence-electron chi connectivity index (χ4n) is 2.23. The van der Waals surface area contributed by atoms with E-state index in [9.17, 15) is 13.0 Å². The van der Waals surface area contributed by atoms with E-state index in [1.165, 1.54) is 38.5 Å². The van der Waals surface area contributed by atoms with Crippen LogP contribution in [0.25, 0.3) is 0 Å². The van der Waals surface area contributed by atoms with Crippen molar-refractivity contribution in [1.82, 2.24) is 5.32 Å². The van der Waals surface area contributed by atoms with Crippen LogP contribution in [0, 0.1) is 0 Å². The molecule has 0 unspecified atom stereocenters. The Balaban J connectivity index is 2.22. The van der Waals surface area contributed by atoms with Gasteiger partial charge in [0.15, 0.2) is 0 Å². The molecule has 0 heterocycles. The zero-order valence-electron chi connectivity index (χ0n) is 9.78. The van der Waals surface area contributed by atoms with Crippen molar-refractivity contribution in [2.24, 2.45) is 0 Å². The first kappa shape index (κ1) is 13.9. The van der Waals surface area contributed by atoms with E-state index in [1.54, 1.807) is 0 Å². The predicted octanol–water partition coefficient (Wildman–Crippen LogP) is 1.62. The van der Waals surface area contributed by atoms with Crippen LogP contribution in [-0.2, 0) is 10.1 Å². The molecule has 1 N–H and O–H groups in total. The maximum Gasteiger partial charge on any atom is 0.0958 e. The topological polar surface area (TPSA) is 69.2 Å². The smallest absolute Gasteiger partial charge is 0.0958 e. The van der Waals surface area contributed by atoms with Gasteiger partial charge in [0.2, 0.25) is 0 Å². The van der Waals surface area contributed by atoms with Gasteiger partial charge in [0.1, 0.15) is 0 Å². The summed E-state index contributed by atoms with van der Waals surface area (Å²) < 4.78 is 31.4. The Labute approximate surface area is 98.6 Å². The van der Waals surface area contributed by atoms with E-state index in [-0.39, 0.29) is 5.75 Å². The van der Waals surface area contributed by atoms with Crippen LogP contribution in [0.15, 0.2) is 0 Å². The summed E-state index contributed by atoms with van der Waals surface area (Å²) in [6.45, 7) is 0.302. The molecule has 1 saturated carbocycles. The van der Waals surface area contributed by atoms with Gasteiger partial charge >= 0.3 is 0 Å². The van der Waals surface area contributed by atoms with Crippen molar-refractivity contribution in [2.45, 2.75) is 57.4 Å². The molecular formula is C11H22NO3S-. The van der Waals surface area contributed by atoms with Crippen molar-refractivity contribution in [3.05, 3.63) is 0 Å². The van der Waals surface area contributed by atoms with Gasteiger partial charge in [0, 0.05) is 12.6 Å². The average molecular weight is 248 g/mol. The first-order valence-corrected chi connectivity index (χ1v) is 7.82. The van der Waals surface area contributed by atoms with E-state index in [0.717, 1.165) is 12.8 Å². The van der Waals surface area contributed by atoms with Crippen molar-refractivity contribution in [3.8, 4) is 0 Å². The molecule has 0 radical (unpaired) electrons. The molecule has 0 aliphatic heterocycles. The summed E-state index contributed by atoms with van der Waals surface area (Å²) in [6, 6.07) is 0.403. The molecule has 4 nitrogen and oxygen atoms in total. The van der Waals surface area contributed by atoms with Crippen molar-refractivity contribution >= 4 is 10.1 Å². The molecule has 0 aromatic rings. The van der Waals surface area contributed by atoms with Crippen LogP contribution in [-0.4, -0.2) is 31.3 Å². The first-order chi connectivity index (χ1) is 7.58. The Morgan fingerprint density at radius 2 is 1.50 bits per heavy atom. The summed E-state index contributed by atoms with van der Waals surface area (Å²) in [7, 11) is -4.06. The van der Waals surface area contributed by atoms with E-state index in [0.29, 0.717) is 12.6 Å². The highest BCUT2D eigenvalue weighted by atomic mass is 32.2. The lowest BCUT2D eigenvalue weighted by Gasteiger charge is -2.18. The summed E-state index contributed by atoms with van der Waals surface area (Å²) in [5.41, 5.74) is 0. The van der Waals surface area contributed by atoms with Crippen molar-refractivity contribution in [3.63, 3.8) is 0 Å². The van der Waals surface area contributed by atoms with Gasteiger partial charge in [-0.2, -0.15) is 0 Å². The quantitative estimate of drug-likeness (QED) is 0.768. The van der Waals surface area contributed by atoms with Crippen LogP contribution in [0.2, 0.25) is 0 Å². The summed E-state index contributed by atoms with van der Waals surface area (Å²) in [4.78, 5) is 0. The van der Waals surface area contributed by atoms with Crippen LogP contribution in [0.5, 0.6) is 0 Å². The standard InChI is InChI=1S/C11H23NO3S/c13-16(14,15)10-9-12-11-7-5-3-1-2-4-6-8-11/h11-12H,1-10H2,(H,13,14,15)/p-1. The van der Waals surface area contributed by atoms with E-state index < -0.39 is 10.1 Å². The molecule has 0 aromatic heterocycles. The predicted molar refractivity (Wildman–Crippen MR) is 63.3 cm³/mol. The molecule has 0 atom stereocenters. The van der Waals surface area contributed by atoms with Crippen molar-refractivity contribution in [1.29, 1.82) is 0 Å². The lowest BCUT2D eigenvalue weighted by atomic mass is 10.1. The lowest BCUT2D eigenvalue weighted by molar-refractivity contribution is 0.431. The highest BCUT2D eigenvalue weighted by Gasteiger charge is 2.09. The first-order valence-electron chi connectivity index (χ1n) is 6.25. The second-order valence-corrected chi connectivity index (χ2v) is 6.14. The zero-order chi connectivity index (χ0) is 11.9. The Bertz CT molecular complexity index is 267. The van der Waals surface area contributed by atoms with E-state index in [4.69, 9.17) is 0 Å². The second kappa shape index (κ2) is 7.25. The van der Waals surface area contributed by atoms with Gasteiger partial charge in [-0.1, -0.05) is 38.5 Å². The van der Waals surface area contributed by atoms with Gasteiger partial charge in [-0.3, -0.25) is 0 Å². The minimum Gasteiger partial charge on any atom is -0.748 e. The van der Waals surface area contributed by atoms with E-state index in [1.807, 2.05) is 0 Å². The fraction of sp³-hybridized carbons (Fsp3) is 1.00. The number of hydrogen-bond acceptors (Lipinski definition) is 4. The maximum absolute atomic E-state index is 10.5. The van der Waals surface area contributed by atoms with Gasteiger partial charge < -0.3 is 9.87 Å². The molecule has 0 aromatic carbocycles. The Morgan fingerprint density at radius 1 is 1.00 bits per heavy atom. The maximum atomic E-state index is 10.5. The van der Waals surface area contributed by atoms with Crippen LogP contribution in [0.3, 0.4) is 0 Å². The SMILES string of the molecule is O=S(=O)([O-])CCNC1CCCCCCCC1. The van der Waals surface area contributed by atoms with Gasteiger partial charge in [-0.25, -0.2) is 8.42 Å². The van der Waals surface area contributed by atoms with Gasteiger partial charge in [0.25, 0.3) is 0 Å². The second-order valence-electron chi connectivity index (χ2n) is 4.61. The molecule has 0 amide bonds. The van der Waals surface area contributed by atoms with Gasteiger partial charge in [-0.05, 0) is 12.8 Å².